The fourth-order valence-electron chi connectivity index (χ4n) is 3.53. The van der Waals surface area contributed by atoms with Gasteiger partial charge in [0.25, 0.3) is 11.8 Å². The fourth-order valence-corrected chi connectivity index (χ4v) is 4.68. The molecule has 0 saturated carbocycles. The lowest BCUT2D eigenvalue weighted by atomic mass is 10.1. The van der Waals surface area contributed by atoms with E-state index in [2.05, 4.69) is 43.8 Å². The number of aryl methyl sites for hydroxylation is 1. The molecule has 10 heteroatoms. The molecule has 0 aliphatic carbocycles. The van der Waals surface area contributed by atoms with Crippen molar-refractivity contribution in [2.24, 2.45) is 0 Å². The van der Waals surface area contributed by atoms with Gasteiger partial charge in [-0.15, -0.1) is 0 Å². The Morgan fingerprint density at radius 3 is 2.47 bits per heavy atom. The number of hydrogen-bond donors (Lipinski definition) is 1. The van der Waals surface area contributed by atoms with Crippen LogP contribution in [0.3, 0.4) is 0 Å². The standard InChI is InChI=1S/C26H19BrClIN2O5/c1-14-9-18(7-8-20(14)27)31-25(33)19(24(32)30-26(31)34)10-16-11-21(29)23(22(12-16)35-2)36-13-15-3-5-17(28)6-4-15/h3-12H,13H2,1-2H3,(H,30,32,34)/b19-10-. The van der Waals surface area contributed by atoms with E-state index < -0.39 is 17.8 Å². The van der Waals surface area contributed by atoms with Crippen molar-refractivity contribution in [2.75, 3.05) is 12.0 Å². The van der Waals surface area contributed by atoms with Gasteiger partial charge in [0.1, 0.15) is 12.2 Å². The topological polar surface area (TPSA) is 84.9 Å². The van der Waals surface area contributed by atoms with Gasteiger partial charge in [0.05, 0.1) is 16.4 Å². The minimum absolute atomic E-state index is 0.178. The largest absolute Gasteiger partial charge is 0.493 e. The minimum Gasteiger partial charge on any atom is -0.493 e. The first-order valence-electron chi connectivity index (χ1n) is 10.6. The number of ether oxygens (including phenoxy) is 2. The van der Waals surface area contributed by atoms with Crippen LogP contribution in [-0.4, -0.2) is 25.0 Å². The van der Waals surface area contributed by atoms with Gasteiger partial charge >= 0.3 is 6.03 Å². The molecule has 1 aliphatic rings. The second kappa shape index (κ2) is 11.0. The smallest absolute Gasteiger partial charge is 0.335 e. The molecule has 1 fully saturated rings. The number of carbonyl (C=O) groups excluding carboxylic acids is 3. The molecule has 0 atom stereocenters. The molecule has 0 unspecified atom stereocenters. The summed E-state index contributed by atoms with van der Waals surface area (Å²) >= 11 is 11.4. The van der Waals surface area contributed by atoms with Gasteiger partial charge in [-0.05, 0) is 94.7 Å². The molecule has 1 aliphatic heterocycles. The number of benzene rings is 3. The highest BCUT2D eigenvalue weighted by Gasteiger charge is 2.37. The summed E-state index contributed by atoms with van der Waals surface area (Å²) in [6, 6.07) is 15.0. The number of carbonyl (C=O) groups is 3. The highest BCUT2D eigenvalue weighted by atomic mass is 127. The van der Waals surface area contributed by atoms with E-state index in [1.54, 1.807) is 42.5 Å². The van der Waals surface area contributed by atoms with Gasteiger partial charge in [0, 0.05) is 9.50 Å². The Bertz CT molecular complexity index is 1410. The first-order chi connectivity index (χ1) is 17.2. The predicted octanol–water partition coefficient (Wildman–Crippen LogP) is 6.27. The van der Waals surface area contributed by atoms with Crippen LogP contribution >= 0.6 is 50.1 Å². The van der Waals surface area contributed by atoms with Crippen molar-refractivity contribution in [1.29, 1.82) is 0 Å². The quantitative estimate of drug-likeness (QED) is 0.189. The van der Waals surface area contributed by atoms with Gasteiger partial charge in [-0.2, -0.15) is 0 Å². The molecule has 1 heterocycles. The summed E-state index contributed by atoms with van der Waals surface area (Å²) in [6.07, 6.45) is 1.43. The number of rotatable bonds is 6. The Hall–Kier alpha value is -2.89. The highest BCUT2D eigenvalue weighted by Crippen LogP contribution is 2.36. The molecular formula is C26H19BrClIN2O5. The van der Waals surface area contributed by atoms with E-state index >= 15 is 0 Å². The molecule has 36 heavy (non-hydrogen) atoms. The third-order valence-corrected chi connectivity index (χ3v) is 7.30. The second-order valence-corrected chi connectivity index (χ2v) is 10.3. The summed E-state index contributed by atoms with van der Waals surface area (Å²) in [6.45, 7) is 2.14. The third kappa shape index (κ3) is 5.58. The Kier molecular flexibility index (Phi) is 8.01. The molecule has 7 nitrogen and oxygen atoms in total. The van der Waals surface area contributed by atoms with Crippen molar-refractivity contribution in [1.82, 2.24) is 5.32 Å². The van der Waals surface area contributed by atoms with E-state index in [0.717, 1.165) is 20.5 Å². The molecule has 1 saturated heterocycles. The number of hydrogen-bond acceptors (Lipinski definition) is 5. The van der Waals surface area contributed by atoms with Gasteiger partial charge in [-0.1, -0.05) is 39.7 Å². The van der Waals surface area contributed by atoms with E-state index in [-0.39, 0.29) is 5.57 Å². The van der Waals surface area contributed by atoms with Crippen LogP contribution in [-0.2, 0) is 16.2 Å². The van der Waals surface area contributed by atoms with E-state index in [0.29, 0.717) is 37.9 Å². The van der Waals surface area contributed by atoms with Gasteiger partial charge in [0.15, 0.2) is 11.5 Å². The Morgan fingerprint density at radius 1 is 1.08 bits per heavy atom. The molecule has 0 bridgehead atoms. The lowest BCUT2D eigenvalue weighted by Gasteiger charge is -2.26. The minimum atomic E-state index is -0.804. The summed E-state index contributed by atoms with van der Waals surface area (Å²) in [5.41, 5.74) is 2.48. The number of urea groups is 1. The number of barbiturate groups is 1. The number of nitrogens with one attached hydrogen (secondary N) is 1. The number of nitrogens with zero attached hydrogens (tertiary/aromatic N) is 1. The number of methoxy groups -OCH3 is 1. The van der Waals surface area contributed by atoms with Gasteiger partial charge < -0.3 is 9.47 Å². The molecule has 0 aromatic heterocycles. The van der Waals surface area contributed by atoms with Crippen molar-refractivity contribution in [3.8, 4) is 11.5 Å². The zero-order valence-corrected chi connectivity index (χ0v) is 23.6. The van der Waals surface area contributed by atoms with Crippen LogP contribution in [0.4, 0.5) is 10.5 Å². The van der Waals surface area contributed by atoms with Crippen LogP contribution in [0.15, 0.2) is 64.6 Å². The zero-order valence-electron chi connectivity index (χ0n) is 19.1. The van der Waals surface area contributed by atoms with Gasteiger partial charge in [-0.25, -0.2) is 9.69 Å². The van der Waals surface area contributed by atoms with Gasteiger partial charge in [0.2, 0.25) is 0 Å². The van der Waals surface area contributed by atoms with E-state index in [4.69, 9.17) is 21.1 Å². The normalized spacial score (nSPS) is 14.8. The van der Waals surface area contributed by atoms with Crippen LogP contribution in [0.2, 0.25) is 5.02 Å². The molecule has 184 valence electrons. The van der Waals surface area contributed by atoms with Crippen molar-refractivity contribution in [3.63, 3.8) is 0 Å². The Labute approximate surface area is 234 Å². The monoisotopic (exact) mass is 680 g/mol. The molecule has 0 radical (unpaired) electrons. The van der Waals surface area contributed by atoms with Crippen molar-refractivity contribution < 1.29 is 23.9 Å². The maximum absolute atomic E-state index is 13.2. The average Bonchev–Trinajstić information content (AvgIpc) is 2.84. The summed E-state index contributed by atoms with van der Waals surface area (Å²) in [5.74, 6) is -0.533. The summed E-state index contributed by atoms with van der Waals surface area (Å²) in [4.78, 5) is 39.3. The predicted molar refractivity (Wildman–Crippen MR) is 149 cm³/mol. The van der Waals surface area contributed by atoms with Gasteiger partial charge in [-0.3, -0.25) is 14.9 Å². The Morgan fingerprint density at radius 2 is 1.81 bits per heavy atom. The zero-order chi connectivity index (χ0) is 26.0. The molecule has 0 spiro atoms. The molecule has 3 aromatic carbocycles. The maximum Gasteiger partial charge on any atom is 0.335 e. The maximum atomic E-state index is 13.2. The van der Waals surface area contributed by atoms with E-state index in [1.807, 2.05) is 19.1 Å². The summed E-state index contributed by atoms with van der Waals surface area (Å²) < 4.78 is 13.0. The van der Waals surface area contributed by atoms with Crippen LogP contribution in [0, 0.1) is 10.5 Å². The molecule has 4 rings (SSSR count). The second-order valence-electron chi connectivity index (χ2n) is 7.84. The van der Waals surface area contributed by atoms with Crippen molar-refractivity contribution in [3.05, 3.63) is 89.9 Å². The number of halogens is 3. The lowest BCUT2D eigenvalue weighted by Crippen LogP contribution is -2.54. The number of imide groups is 2. The lowest BCUT2D eigenvalue weighted by molar-refractivity contribution is -0.122. The van der Waals surface area contributed by atoms with Crippen molar-refractivity contribution in [2.45, 2.75) is 13.5 Å². The van der Waals surface area contributed by atoms with Crippen molar-refractivity contribution >= 4 is 79.7 Å². The van der Waals surface area contributed by atoms with E-state index in [9.17, 15) is 14.4 Å². The SMILES string of the molecule is COc1cc(/C=C2/C(=O)NC(=O)N(c3ccc(Br)c(C)c3)C2=O)cc(I)c1OCc1ccc(Cl)cc1. The highest BCUT2D eigenvalue weighted by molar-refractivity contribution is 14.1. The van der Waals surface area contributed by atoms with E-state index in [1.165, 1.54) is 13.2 Å². The van der Waals surface area contributed by atoms with Crippen LogP contribution in [0.25, 0.3) is 6.08 Å². The number of anilines is 1. The fraction of sp³-hybridized carbons (Fsp3) is 0.115. The molecular weight excluding hydrogens is 663 g/mol. The van der Waals surface area contributed by atoms with Crippen LogP contribution in [0.5, 0.6) is 11.5 Å². The van der Waals surface area contributed by atoms with Crippen LogP contribution < -0.4 is 19.7 Å². The molecule has 3 aromatic rings. The molecule has 1 N–H and O–H groups in total. The average molecular weight is 682 g/mol. The number of amides is 4. The first kappa shape index (κ1) is 26.2. The van der Waals surface area contributed by atoms with Crippen LogP contribution in [0.1, 0.15) is 16.7 Å². The first-order valence-corrected chi connectivity index (χ1v) is 12.9. The Balaban J connectivity index is 1.64. The summed E-state index contributed by atoms with van der Waals surface area (Å²) in [5, 5.41) is 2.88. The summed E-state index contributed by atoms with van der Waals surface area (Å²) in [7, 11) is 1.51. The molecule has 4 amide bonds. The third-order valence-electron chi connectivity index (χ3n) is 5.36.